The van der Waals surface area contributed by atoms with Crippen molar-refractivity contribution in [2.24, 2.45) is 0 Å². The summed E-state index contributed by atoms with van der Waals surface area (Å²) in [4.78, 5) is 12.3. The molecule has 4 aromatic rings. The van der Waals surface area contributed by atoms with Crippen molar-refractivity contribution in [3.63, 3.8) is 0 Å². The van der Waals surface area contributed by atoms with Gasteiger partial charge in [-0.15, -0.1) is 0 Å². The second-order valence-corrected chi connectivity index (χ2v) is 6.09. The molecule has 0 unspecified atom stereocenters. The van der Waals surface area contributed by atoms with Gasteiger partial charge in [0.2, 0.25) is 0 Å². The number of benzene rings is 3. The van der Waals surface area contributed by atoms with Gasteiger partial charge in [0.05, 0.1) is 16.9 Å². The van der Waals surface area contributed by atoms with Gasteiger partial charge in [-0.05, 0) is 24.3 Å². The molecule has 27 heavy (non-hydrogen) atoms. The fourth-order valence-corrected chi connectivity index (χ4v) is 2.87. The van der Waals surface area contributed by atoms with Crippen molar-refractivity contribution in [2.75, 3.05) is 0 Å². The summed E-state index contributed by atoms with van der Waals surface area (Å²) in [6.45, 7) is 0.158. The summed E-state index contributed by atoms with van der Waals surface area (Å²) in [7, 11) is 0. The predicted molar refractivity (Wildman–Crippen MR) is 105 cm³/mol. The van der Waals surface area contributed by atoms with Crippen molar-refractivity contribution in [2.45, 2.75) is 6.61 Å². The minimum Gasteiger partial charge on any atom is -0.457 e. The summed E-state index contributed by atoms with van der Waals surface area (Å²) in [5, 5.41) is 4.73. The van der Waals surface area contributed by atoms with Crippen LogP contribution in [0, 0.1) is 0 Å². The maximum absolute atomic E-state index is 12.3. The van der Waals surface area contributed by atoms with Crippen molar-refractivity contribution >= 4 is 5.97 Å². The zero-order chi connectivity index (χ0) is 18.5. The van der Waals surface area contributed by atoms with Crippen LogP contribution in [0.5, 0.6) is 0 Å². The van der Waals surface area contributed by atoms with Gasteiger partial charge in [0.1, 0.15) is 6.61 Å². The van der Waals surface area contributed by atoms with E-state index in [1.165, 1.54) is 0 Å². The fourth-order valence-electron chi connectivity index (χ4n) is 2.87. The van der Waals surface area contributed by atoms with Gasteiger partial charge in [-0.25, -0.2) is 9.48 Å². The normalized spacial score (nSPS) is 10.5. The molecule has 0 atom stereocenters. The first-order valence-corrected chi connectivity index (χ1v) is 8.73. The number of rotatable bonds is 5. The third kappa shape index (κ3) is 3.80. The predicted octanol–water partition coefficient (Wildman–Crippen LogP) is 4.90. The second kappa shape index (κ2) is 7.70. The van der Waals surface area contributed by atoms with E-state index in [4.69, 9.17) is 9.84 Å². The summed E-state index contributed by atoms with van der Waals surface area (Å²) in [6, 6.07) is 28.8. The number of esters is 1. The van der Waals surface area contributed by atoms with Crippen LogP contribution in [0.4, 0.5) is 0 Å². The Morgan fingerprint density at radius 3 is 2.07 bits per heavy atom. The van der Waals surface area contributed by atoms with Gasteiger partial charge >= 0.3 is 5.97 Å². The van der Waals surface area contributed by atoms with E-state index in [2.05, 4.69) is 0 Å². The molecule has 0 aliphatic rings. The third-order valence-corrected chi connectivity index (χ3v) is 4.23. The van der Waals surface area contributed by atoms with Gasteiger partial charge < -0.3 is 4.74 Å². The van der Waals surface area contributed by atoms with Crippen LogP contribution in [-0.2, 0) is 11.3 Å². The van der Waals surface area contributed by atoms with E-state index in [0.29, 0.717) is 5.56 Å². The first kappa shape index (κ1) is 16.8. The molecule has 132 valence electrons. The van der Waals surface area contributed by atoms with E-state index < -0.39 is 0 Å². The lowest BCUT2D eigenvalue weighted by Gasteiger charge is -2.05. The van der Waals surface area contributed by atoms with E-state index in [0.717, 1.165) is 22.5 Å². The molecule has 0 saturated carbocycles. The molecule has 4 nitrogen and oxygen atoms in total. The molecule has 0 aliphatic heterocycles. The largest absolute Gasteiger partial charge is 0.457 e. The Bertz CT molecular complexity index is 1030. The summed E-state index contributed by atoms with van der Waals surface area (Å²) in [5.41, 5.74) is 4.14. The summed E-state index contributed by atoms with van der Waals surface area (Å²) in [5.74, 6) is -0.345. The van der Waals surface area contributed by atoms with Crippen molar-refractivity contribution < 1.29 is 9.53 Å². The molecule has 0 N–H and O–H groups in total. The minimum atomic E-state index is -0.345. The second-order valence-electron chi connectivity index (χ2n) is 6.09. The highest BCUT2D eigenvalue weighted by molar-refractivity contribution is 5.89. The topological polar surface area (TPSA) is 44.1 Å². The Balaban J connectivity index is 1.64. The SMILES string of the molecule is O=C(OCc1cn(-c2ccccc2)nc1-c1ccccc1)c1ccccc1. The van der Waals surface area contributed by atoms with Crippen LogP contribution in [0.3, 0.4) is 0 Å². The third-order valence-electron chi connectivity index (χ3n) is 4.23. The molecule has 0 aliphatic carbocycles. The van der Waals surface area contributed by atoms with Crippen LogP contribution in [0.25, 0.3) is 16.9 Å². The monoisotopic (exact) mass is 354 g/mol. The van der Waals surface area contributed by atoms with Gasteiger partial charge in [-0.3, -0.25) is 0 Å². The van der Waals surface area contributed by atoms with Crippen molar-refractivity contribution in [3.05, 3.63) is 108 Å². The Morgan fingerprint density at radius 1 is 0.815 bits per heavy atom. The molecular formula is C23H18N2O2. The molecule has 4 heteroatoms. The molecule has 3 aromatic carbocycles. The molecule has 0 saturated heterocycles. The average Bonchev–Trinajstić information content (AvgIpc) is 3.18. The number of carbonyl (C=O) groups excluding carboxylic acids is 1. The van der Waals surface area contributed by atoms with Gasteiger partial charge in [0.25, 0.3) is 0 Å². The number of ether oxygens (including phenoxy) is 1. The highest BCUT2D eigenvalue weighted by atomic mass is 16.5. The molecule has 1 aromatic heterocycles. The van der Waals surface area contributed by atoms with Crippen LogP contribution in [0.2, 0.25) is 0 Å². The molecule has 0 amide bonds. The molecule has 1 heterocycles. The number of hydrogen-bond donors (Lipinski definition) is 0. The lowest BCUT2D eigenvalue weighted by Crippen LogP contribution is -2.05. The summed E-state index contributed by atoms with van der Waals surface area (Å²) < 4.78 is 7.35. The Kier molecular flexibility index (Phi) is 4.79. The van der Waals surface area contributed by atoms with Gasteiger partial charge in [0.15, 0.2) is 0 Å². The zero-order valence-electron chi connectivity index (χ0n) is 14.7. The van der Waals surface area contributed by atoms with Crippen molar-refractivity contribution in [1.29, 1.82) is 0 Å². The van der Waals surface area contributed by atoms with Crippen LogP contribution >= 0.6 is 0 Å². The zero-order valence-corrected chi connectivity index (χ0v) is 14.7. The average molecular weight is 354 g/mol. The van der Waals surface area contributed by atoms with Gasteiger partial charge in [-0.2, -0.15) is 5.10 Å². The number of hydrogen-bond acceptors (Lipinski definition) is 3. The van der Waals surface area contributed by atoms with Crippen LogP contribution in [0.15, 0.2) is 97.2 Å². The maximum Gasteiger partial charge on any atom is 0.338 e. The van der Waals surface area contributed by atoms with Gasteiger partial charge in [0, 0.05) is 17.3 Å². The molecular weight excluding hydrogens is 336 g/mol. The Hall–Kier alpha value is -3.66. The van der Waals surface area contributed by atoms with Crippen molar-refractivity contribution in [3.8, 4) is 16.9 Å². The van der Waals surface area contributed by atoms with E-state index in [1.54, 1.807) is 12.1 Å². The summed E-state index contributed by atoms with van der Waals surface area (Å²) in [6.07, 6.45) is 1.91. The fraction of sp³-hybridized carbons (Fsp3) is 0.0435. The molecule has 0 radical (unpaired) electrons. The standard InChI is InChI=1S/C23H18N2O2/c26-23(19-12-6-2-7-13-19)27-17-20-16-25(21-14-8-3-9-15-21)24-22(20)18-10-4-1-5-11-18/h1-16H,17H2. The first-order valence-electron chi connectivity index (χ1n) is 8.73. The maximum atomic E-state index is 12.3. The number of nitrogens with zero attached hydrogens (tertiary/aromatic N) is 2. The van der Waals surface area contributed by atoms with E-state index in [-0.39, 0.29) is 12.6 Å². The molecule has 0 bridgehead atoms. The van der Waals surface area contributed by atoms with Crippen LogP contribution < -0.4 is 0 Å². The van der Waals surface area contributed by atoms with E-state index in [9.17, 15) is 4.79 Å². The number of carbonyl (C=O) groups is 1. The first-order chi connectivity index (χ1) is 13.3. The lowest BCUT2D eigenvalue weighted by atomic mass is 10.1. The summed E-state index contributed by atoms with van der Waals surface area (Å²) >= 11 is 0. The Morgan fingerprint density at radius 2 is 1.41 bits per heavy atom. The lowest BCUT2D eigenvalue weighted by molar-refractivity contribution is 0.0473. The highest BCUT2D eigenvalue weighted by Gasteiger charge is 2.15. The van der Waals surface area contributed by atoms with E-state index in [1.807, 2.05) is 89.7 Å². The molecule has 0 fully saturated rings. The van der Waals surface area contributed by atoms with Gasteiger partial charge in [-0.1, -0.05) is 66.7 Å². The van der Waals surface area contributed by atoms with Crippen LogP contribution in [0.1, 0.15) is 15.9 Å². The quantitative estimate of drug-likeness (QED) is 0.479. The number of para-hydroxylation sites is 1. The Labute approximate surface area is 157 Å². The smallest absolute Gasteiger partial charge is 0.338 e. The molecule has 0 spiro atoms. The number of aromatic nitrogens is 2. The van der Waals surface area contributed by atoms with Crippen molar-refractivity contribution in [1.82, 2.24) is 9.78 Å². The van der Waals surface area contributed by atoms with Crippen LogP contribution in [-0.4, -0.2) is 15.7 Å². The van der Waals surface area contributed by atoms with E-state index >= 15 is 0 Å². The molecule has 4 rings (SSSR count). The highest BCUT2D eigenvalue weighted by Crippen LogP contribution is 2.24. The minimum absolute atomic E-state index is 0.158.